The van der Waals surface area contributed by atoms with Crippen LogP contribution in [-0.4, -0.2) is 44.7 Å². The van der Waals surface area contributed by atoms with Crippen LogP contribution >= 0.6 is 0 Å². The van der Waals surface area contributed by atoms with Gasteiger partial charge in [-0.25, -0.2) is 0 Å². The van der Waals surface area contributed by atoms with Crippen LogP contribution < -0.4 is 12.4 Å². The van der Waals surface area contributed by atoms with Gasteiger partial charge >= 0.3 is 5.97 Å². The zero-order chi connectivity index (χ0) is 13.9. The lowest BCUT2D eigenvalue weighted by Crippen LogP contribution is -3.00. The van der Waals surface area contributed by atoms with Crippen LogP contribution in [0.2, 0.25) is 0 Å². The zero-order valence-corrected chi connectivity index (χ0v) is 14.0. The molecule has 0 aliphatic heterocycles. The summed E-state index contributed by atoms with van der Waals surface area (Å²) in [7, 11) is 6.30. The quantitative estimate of drug-likeness (QED) is 0.313. The fourth-order valence-corrected chi connectivity index (χ4v) is 1.73. The summed E-state index contributed by atoms with van der Waals surface area (Å²) >= 11 is 0. The van der Waals surface area contributed by atoms with Gasteiger partial charge in [0.25, 0.3) is 0 Å². The molecule has 0 spiro atoms. The Morgan fingerprint density at radius 3 is 2.00 bits per heavy atom. The van der Waals surface area contributed by atoms with Crippen LogP contribution in [0.15, 0.2) is 0 Å². The number of quaternary nitrogens is 1. The van der Waals surface area contributed by atoms with Crippen LogP contribution in [0, 0.1) is 0 Å². The second-order valence-corrected chi connectivity index (χ2v) is 6.11. The summed E-state index contributed by atoms with van der Waals surface area (Å²) in [4.78, 5) is 11.4. The van der Waals surface area contributed by atoms with E-state index in [2.05, 4.69) is 28.1 Å². The molecule has 116 valence electrons. The van der Waals surface area contributed by atoms with Crippen LogP contribution in [-0.2, 0) is 9.53 Å². The van der Waals surface area contributed by atoms with Gasteiger partial charge in [0.05, 0.1) is 21.1 Å². The number of carbonyl (C=O) groups excluding carboxylic acids is 1. The van der Waals surface area contributed by atoms with E-state index in [0.717, 1.165) is 23.9 Å². The highest BCUT2D eigenvalue weighted by Gasteiger charge is 2.08. The van der Waals surface area contributed by atoms with Crippen molar-refractivity contribution in [3.05, 3.63) is 0 Å². The van der Waals surface area contributed by atoms with Gasteiger partial charge in [0.15, 0.2) is 0 Å². The number of unbranched alkanes of at least 4 members (excludes halogenated alkanes) is 6. The fraction of sp³-hybridized carbons (Fsp3) is 0.933. The summed E-state index contributed by atoms with van der Waals surface area (Å²) in [5.74, 6) is -0.0305. The van der Waals surface area contributed by atoms with Gasteiger partial charge in [-0.05, 0) is 6.42 Å². The molecule has 0 bridgehead atoms. The van der Waals surface area contributed by atoms with E-state index in [4.69, 9.17) is 4.74 Å². The minimum Gasteiger partial charge on any atom is -1.00 e. The molecule has 0 fully saturated rings. The molecule has 0 rings (SSSR count). The normalized spacial score (nSPS) is 10.9. The molecule has 0 saturated heterocycles. The molecule has 0 atom stereocenters. The topological polar surface area (TPSA) is 26.3 Å². The van der Waals surface area contributed by atoms with Gasteiger partial charge in [-0.1, -0.05) is 45.4 Å². The van der Waals surface area contributed by atoms with Gasteiger partial charge in [-0.3, -0.25) is 4.79 Å². The van der Waals surface area contributed by atoms with E-state index >= 15 is 0 Å². The molecule has 0 aliphatic rings. The summed E-state index contributed by atoms with van der Waals surface area (Å²) < 4.78 is 6.05. The predicted octanol–water partition coefficient (Wildman–Crippen LogP) is 0.381. The van der Waals surface area contributed by atoms with Crippen LogP contribution in [0.1, 0.15) is 58.3 Å². The molecule has 0 aliphatic carbocycles. The van der Waals surface area contributed by atoms with Gasteiger partial charge in [0, 0.05) is 6.42 Å². The van der Waals surface area contributed by atoms with Crippen molar-refractivity contribution in [1.82, 2.24) is 0 Å². The number of carbonyl (C=O) groups is 1. The predicted molar refractivity (Wildman–Crippen MR) is 76.5 cm³/mol. The molecular weight excluding hydrogens is 262 g/mol. The van der Waals surface area contributed by atoms with Crippen molar-refractivity contribution >= 4 is 5.97 Å². The second kappa shape index (κ2) is 12.7. The Morgan fingerprint density at radius 1 is 0.947 bits per heavy atom. The number of rotatable bonds is 11. The second-order valence-electron chi connectivity index (χ2n) is 6.11. The van der Waals surface area contributed by atoms with Crippen molar-refractivity contribution in [1.29, 1.82) is 0 Å². The van der Waals surface area contributed by atoms with E-state index in [1.807, 2.05) is 0 Å². The van der Waals surface area contributed by atoms with E-state index in [9.17, 15) is 4.79 Å². The number of halogens is 1. The maximum absolute atomic E-state index is 11.4. The molecule has 3 nitrogen and oxygen atoms in total. The van der Waals surface area contributed by atoms with Crippen LogP contribution in [0.3, 0.4) is 0 Å². The van der Waals surface area contributed by atoms with Crippen molar-refractivity contribution < 1.29 is 26.4 Å². The maximum Gasteiger partial charge on any atom is 0.305 e. The molecule has 0 saturated carbocycles. The number of hydrogen-bond acceptors (Lipinski definition) is 2. The molecular formula is C15H32ClNO2. The Bertz CT molecular complexity index is 215. The first-order valence-electron chi connectivity index (χ1n) is 7.42. The number of esters is 1. The Hall–Kier alpha value is -0.280. The third-order valence-electron chi connectivity index (χ3n) is 3.01. The number of ether oxygens (including phenoxy) is 1. The summed E-state index contributed by atoms with van der Waals surface area (Å²) in [6.45, 7) is 3.65. The lowest BCUT2D eigenvalue weighted by molar-refractivity contribution is -0.870. The minimum atomic E-state index is -0.0305. The molecule has 0 unspecified atom stereocenters. The SMILES string of the molecule is CCCCCCCCCC(=O)OCC[N+](C)(C)C.[Cl-]. The fourth-order valence-electron chi connectivity index (χ4n) is 1.73. The summed E-state index contributed by atoms with van der Waals surface area (Å²) in [5, 5.41) is 0. The van der Waals surface area contributed by atoms with Gasteiger partial charge in [-0.2, -0.15) is 0 Å². The maximum atomic E-state index is 11.4. The van der Waals surface area contributed by atoms with Gasteiger partial charge in [0.1, 0.15) is 13.2 Å². The van der Waals surface area contributed by atoms with Crippen molar-refractivity contribution in [3.8, 4) is 0 Å². The standard InChI is InChI=1S/C15H32NO2.ClH/c1-5-6-7-8-9-10-11-12-15(17)18-14-13-16(2,3)4;/h5-14H2,1-4H3;1H/q+1;/p-1. The van der Waals surface area contributed by atoms with E-state index in [1.54, 1.807) is 0 Å². The molecule has 0 aromatic heterocycles. The smallest absolute Gasteiger partial charge is 0.305 e. The Balaban J connectivity index is 0. The molecule has 0 aromatic rings. The largest absolute Gasteiger partial charge is 1.00 e. The Labute approximate surface area is 125 Å². The number of hydrogen-bond donors (Lipinski definition) is 0. The first kappa shape index (κ1) is 21.0. The number of nitrogens with zero attached hydrogens (tertiary/aromatic N) is 1. The highest BCUT2D eigenvalue weighted by atomic mass is 35.5. The van der Waals surface area contributed by atoms with E-state index in [0.29, 0.717) is 13.0 Å². The number of likely N-dealkylation sites (N-methyl/N-ethyl adjacent to an activating group) is 1. The van der Waals surface area contributed by atoms with E-state index in [1.165, 1.54) is 32.1 Å². The van der Waals surface area contributed by atoms with Crippen molar-refractivity contribution in [2.45, 2.75) is 58.3 Å². The molecule has 0 aromatic carbocycles. The first-order chi connectivity index (χ1) is 8.45. The zero-order valence-electron chi connectivity index (χ0n) is 13.2. The van der Waals surface area contributed by atoms with E-state index < -0.39 is 0 Å². The Kier molecular flexibility index (Phi) is 14.1. The molecule has 0 radical (unpaired) electrons. The molecule has 19 heavy (non-hydrogen) atoms. The molecule has 0 amide bonds. The molecule has 4 heteroatoms. The van der Waals surface area contributed by atoms with E-state index in [-0.39, 0.29) is 18.4 Å². The average Bonchev–Trinajstić information content (AvgIpc) is 2.26. The first-order valence-corrected chi connectivity index (χ1v) is 7.42. The molecule has 0 N–H and O–H groups in total. The summed E-state index contributed by atoms with van der Waals surface area (Å²) in [6.07, 6.45) is 9.26. The third kappa shape index (κ3) is 17.7. The van der Waals surface area contributed by atoms with Crippen LogP contribution in [0.5, 0.6) is 0 Å². The minimum absolute atomic E-state index is 0. The Morgan fingerprint density at radius 2 is 1.47 bits per heavy atom. The van der Waals surface area contributed by atoms with Crippen molar-refractivity contribution in [2.75, 3.05) is 34.3 Å². The summed E-state index contributed by atoms with van der Waals surface area (Å²) in [6, 6.07) is 0. The van der Waals surface area contributed by atoms with Crippen LogP contribution in [0.4, 0.5) is 0 Å². The highest BCUT2D eigenvalue weighted by molar-refractivity contribution is 5.69. The van der Waals surface area contributed by atoms with Gasteiger partial charge < -0.3 is 21.6 Å². The van der Waals surface area contributed by atoms with Gasteiger partial charge in [0.2, 0.25) is 0 Å². The van der Waals surface area contributed by atoms with Crippen molar-refractivity contribution in [3.63, 3.8) is 0 Å². The lowest BCUT2D eigenvalue weighted by Gasteiger charge is -2.23. The van der Waals surface area contributed by atoms with Gasteiger partial charge in [-0.15, -0.1) is 0 Å². The molecule has 0 heterocycles. The van der Waals surface area contributed by atoms with Crippen LogP contribution in [0.25, 0.3) is 0 Å². The third-order valence-corrected chi connectivity index (χ3v) is 3.01. The lowest BCUT2D eigenvalue weighted by atomic mass is 10.1. The monoisotopic (exact) mass is 293 g/mol. The highest BCUT2D eigenvalue weighted by Crippen LogP contribution is 2.08. The van der Waals surface area contributed by atoms with Crippen molar-refractivity contribution in [2.24, 2.45) is 0 Å². The average molecular weight is 294 g/mol. The summed E-state index contributed by atoms with van der Waals surface area (Å²) in [5.41, 5.74) is 0.